The fraction of sp³-hybridized carbons (Fsp3) is 0.200. The van der Waals surface area contributed by atoms with E-state index in [0.29, 0.717) is 5.56 Å². The van der Waals surface area contributed by atoms with Gasteiger partial charge < -0.3 is 14.6 Å². The molecule has 1 aliphatic heterocycles. The summed E-state index contributed by atoms with van der Waals surface area (Å²) >= 11 is 3.35. The lowest BCUT2D eigenvalue weighted by atomic mass is 10.1. The van der Waals surface area contributed by atoms with Crippen LogP contribution in [0.4, 0.5) is 0 Å². The van der Waals surface area contributed by atoms with Gasteiger partial charge in [0.05, 0.1) is 5.56 Å². The topological polar surface area (TPSA) is 38.7 Å². The van der Waals surface area contributed by atoms with E-state index >= 15 is 0 Å². The summed E-state index contributed by atoms with van der Waals surface area (Å²) < 4.78 is 11.2. The number of aromatic hydroxyl groups is 1. The van der Waals surface area contributed by atoms with E-state index < -0.39 is 6.29 Å². The summed E-state index contributed by atoms with van der Waals surface area (Å²) in [6.07, 6.45) is 2.38. The summed E-state index contributed by atoms with van der Waals surface area (Å²) in [6, 6.07) is 3.61. The predicted octanol–water partition coefficient (Wildman–Crippen LogP) is 2.98. The van der Waals surface area contributed by atoms with Crippen LogP contribution in [0, 0.1) is 6.92 Å². The number of ether oxygens (including phenoxy) is 2. The minimum absolute atomic E-state index is 0.210. The second-order valence-electron chi connectivity index (χ2n) is 3.04. The minimum atomic E-state index is -0.536. The van der Waals surface area contributed by atoms with Crippen LogP contribution in [-0.4, -0.2) is 5.11 Å². The van der Waals surface area contributed by atoms with Gasteiger partial charge in [-0.25, -0.2) is 0 Å². The quantitative estimate of drug-likeness (QED) is 0.840. The average molecular weight is 257 g/mol. The summed E-state index contributed by atoms with van der Waals surface area (Å²) in [4.78, 5) is 0. The van der Waals surface area contributed by atoms with Crippen LogP contribution in [0.5, 0.6) is 5.75 Å². The molecule has 0 saturated heterocycles. The number of halogens is 1. The Morgan fingerprint density at radius 3 is 2.57 bits per heavy atom. The highest BCUT2D eigenvalue weighted by atomic mass is 79.9. The van der Waals surface area contributed by atoms with Gasteiger partial charge in [0, 0.05) is 4.47 Å². The van der Waals surface area contributed by atoms with Crippen molar-refractivity contribution in [1.29, 1.82) is 0 Å². The van der Waals surface area contributed by atoms with E-state index in [9.17, 15) is 5.11 Å². The van der Waals surface area contributed by atoms with E-state index in [1.165, 1.54) is 12.5 Å². The second kappa shape index (κ2) is 3.53. The third-order valence-electron chi connectivity index (χ3n) is 2.01. The Balaban J connectivity index is 2.41. The standard InChI is InChI=1S/C10H9BrO3/c1-6-4-7(11)5-8(9(6)12)10-13-2-3-14-10/h2-5,10,12H,1H3. The zero-order valence-electron chi connectivity index (χ0n) is 7.53. The molecule has 0 atom stereocenters. The molecular formula is C10H9BrO3. The molecule has 1 aliphatic rings. The van der Waals surface area contributed by atoms with Gasteiger partial charge in [-0.05, 0) is 24.6 Å². The highest BCUT2D eigenvalue weighted by molar-refractivity contribution is 9.10. The van der Waals surface area contributed by atoms with Crippen molar-refractivity contribution < 1.29 is 14.6 Å². The molecular weight excluding hydrogens is 248 g/mol. The average Bonchev–Trinajstić information content (AvgIpc) is 2.63. The van der Waals surface area contributed by atoms with Crippen LogP contribution < -0.4 is 0 Å². The number of aryl methyl sites for hydroxylation is 1. The Bertz CT molecular complexity index is 379. The van der Waals surface area contributed by atoms with Gasteiger partial charge in [0.2, 0.25) is 0 Å². The largest absolute Gasteiger partial charge is 0.507 e. The molecule has 1 aromatic rings. The third-order valence-corrected chi connectivity index (χ3v) is 2.47. The molecule has 1 heterocycles. The first kappa shape index (κ1) is 9.40. The SMILES string of the molecule is Cc1cc(Br)cc(C2OC=CO2)c1O. The van der Waals surface area contributed by atoms with Crippen LogP contribution >= 0.6 is 15.9 Å². The first-order chi connectivity index (χ1) is 6.68. The van der Waals surface area contributed by atoms with Gasteiger partial charge in [0.1, 0.15) is 18.3 Å². The molecule has 0 saturated carbocycles. The van der Waals surface area contributed by atoms with Gasteiger partial charge in [-0.15, -0.1) is 0 Å². The number of hydrogen-bond donors (Lipinski definition) is 1. The Kier molecular flexibility index (Phi) is 2.37. The fourth-order valence-corrected chi connectivity index (χ4v) is 1.92. The van der Waals surface area contributed by atoms with Crippen molar-refractivity contribution in [3.63, 3.8) is 0 Å². The first-order valence-electron chi connectivity index (χ1n) is 4.13. The molecule has 0 aromatic heterocycles. The number of phenolic OH excluding ortho intramolecular Hbond substituents is 1. The number of hydrogen-bond acceptors (Lipinski definition) is 3. The van der Waals surface area contributed by atoms with Crippen LogP contribution in [0.1, 0.15) is 17.4 Å². The number of rotatable bonds is 1. The van der Waals surface area contributed by atoms with Crippen LogP contribution in [0.25, 0.3) is 0 Å². The fourth-order valence-electron chi connectivity index (χ4n) is 1.33. The maximum absolute atomic E-state index is 9.77. The molecule has 0 unspecified atom stereocenters. The zero-order valence-corrected chi connectivity index (χ0v) is 9.11. The van der Waals surface area contributed by atoms with Crippen LogP contribution in [0.2, 0.25) is 0 Å². The molecule has 1 aromatic carbocycles. The molecule has 1 N–H and O–H groups in total. The molecule has 0 bridgehead atoms. The summed E-state index contributed by atoms with van der Waals surface area (Å²) in [5.41, 5.74) is 1.41. The van der Waals surface area contributed by atoms with Crippen molar-refractivity contribution in [2.45, 2.75) is 13.2 Å². The van der Waals surface area contributed by atoms with E-state index in [-0.39, 0.29) is 5.75 Å². The smallest absolute Gasteiger partial charge is 0.269 e. The normalized spacial score (nSPS) is 15.3. The van der Waals surface area contributed by atoms with Crippen molar-refractivity contribution >= 4 is 15.9 Å². The lowest BCUT2D eigenvalue weighted by molar-refractivity contribution is -0.0261. The Morgan fingerprint density at radius 2 is 1.93 bits per heavy atom. The molecule has 0 radical (unpaired) electrons. The summed E-state index contributed by atoms with van der Waals surface area (Å²) in [6.45, 7) is 1.83. The van der Waals surface area contributed by atoms with Gasteiger partial charge in [-0.1, -0.05) is 15.9 Å². The Labute approximate surface area is 90.1 Å². The van der Waals surface area contributed by atoms with Gasteiger partial charge in [-0.3, -0.25) is 0 Å². The van der Waals surface area contributed by atoms with Crippen LogP contribution in [0.15, 0.2) is 29.1 Å². The molecule has 0 aliphatic carbocycles. The van der Waals surface area contributed by atoms with Gasteiger partial charge in [-0.2, -0.15) is 0 Å². The van der Waals surface area contributed by atoms with Crippen molar-refractivity contribution in [2.75, 3.05) is 0 Å². The van der Waals surface area contributed by atoms with E-state index in [1.807, 2.05) is 13.0 Å². The van der Waals surface area contributed by atoms with Crippen molar-refractivity contribution in [3.05, 3.63) is 40.3 Å². The van der Waals surface area contributed by atoms with E-state index in [4.69, 9.17) is 9.47 Å². The minimum Gasteiger partial charge on any atom is -0.507 e. The van der Waals surface area contributed by atoms with Gasteiger partial charge in [0.15, 0.2) is 0 Å². The van der Waals surface area contributed by atoms with Crippen LogP contribution in [-0.2, 0) is 9.47 Å². The third kappa shape index (κ3) is 1.57. The summed E-state index contributed by atoms with van der Waals surface area (Å²) in [7, 11) is 0. The molecule has 3 nitrogen and oxygen atoms in total. The van der Waals surface area contributed by atoms with E-state index in [2.05, 4.69) is 15.9 Å². The number of phenols is 1. The molecule has 74 valence electrons. The lowest BCUT2D eigenvalue weighted by Crippen LogP contribution is -1.99. The highest BCUT2D eigenvalue weighted by Crippen LogP contribution is 2.35. The maximum Gasteiger partial charge on any atom is 0.269 e. The Morgan fingerprint density at radius 1 is 1.29 bits per heavy atom. The predicted molar refractivity (Wildman–Crippen MR) is 54.6 cm³/mol. The molecule has 2 rings (SSSR count). The summed E-state index contributed by atoms with van der Waals surface area (Å²) in [5, 5.41) is 9.77. The maximum atomic E-state index is 9.77. The van der Waals surface area contributed by atoms with Crippen LogP contribution in [0.3, 0.4) is 0 Å². The van der Waals surface area contributed by atoms with E-state index in [1.54, 1.807) is 6.07 Å². The summed E-state index contributed by atoms with van der Waals surface area (Å²) in [5.74, 6) is 0.210. The van der Waals surface area contributed by atoms with Gasteiger partial charge >= 0.3 is 0 Å². The molecule has 14 heavy (non-hydrogen) atoms. The van der Waals surface area contributed by atoms with Crippen molar-refractivity contribution in [1.82, 2.24) is 0 Å². The molecule has 0 amide bonds. The second-order valence-corrected chi connectivity index (χ2v) is 3.95. The van der Waals surface area contributed by atoms with Crippen molar-refractivity contribution in [3.8, 4) is 5.75 Å². The number of benzene rings is 1. The lowest BCUT2D eigenvalue weighted by Gasteiger charge is -2.13. The van der Waals surface area contributed by atoms with Crippen molar-refractivity contribution in [2.24, 2.45) is 0 Å². The highest BCUT2D eigenvalue weighted by Gasteiger charge is 2.21. The molecule has 4 heteroatoms. The van der Waals surface area contributed by atoms with Gasteiger partial charge in [0.25, 0.3) is 6.29 Å². The first-order valence-corrected chi connectivity index (χ1v) is 4.93. The molecule has 0 fully saturated rings. The molecule has 0 spiro atoms. The monoisotopic (exact) mass is 256 g/mol. The van der Waals surface area contributed by atoms with E-state index in [0.717, 1.165) is 10.0 Å². The zero-order chi connectivity index (χ0) is 10.1. The Hall–Kier alpha value is -1.16.